The Morgan fingerprint density at radius 3 is 2.34 bits per heavy atom. The number of para-hydroxylation sites is 1. The number of carbonyl (C=O) groups is 2. The number of anilines is 1. The summed E-state index contributed by atoms with van der Waals surface area (Å²) in [5.74, 6) is 0.229. The quantitative estimate of drug-likeness (QED) is 0.541. The topological polar surface area (TPSA) is 68.4 Å². The molecule has 0 bridgehead atoms. The van der Waals surface area contributed by atoms with E-state index in [1.54, 1.807) is 0 Å². The summed E-state index contributed by atoms with van der Waals surface area (Å²) in [6, 6.07) is 16.9. The van der Waals surface area contributed by atoms with Gasteiger partial charge < -0.3 is 20.1 Å². The van der Waals surface area contributed by atoms with Crippen LogP contribution >= 0.6 is 0 Å². The number of nitrogens with one attached hydrogen (secondary N) is 2. The second-order valence-corrected chi connectivity index (χ2v) is 10.9. The fourth-order valence-electron chi connectivity index (χ4n) is 4.96. The lowest BCUT2D eigenvalue weighted by atomic mass is 9.89. The summed E-state index contributed by atoms with van der Waals surface area (Å²) < 4.78 is 0. The van der Waals surface area contributed by atoms with Gasteiger partial charge in [0.05, 0.1) is 0 Å². The van der Waals surface area contributed by atoms with Crippen LogP contribution in [0, 0.1) is 11.3 Å². The summed E-state index contributed by atoms with van der Waals surface area (Å²) >= 11 is 0. The largest absolute Gasteiger partial charge is 0.378 e. The first-order chi connectivity index (χ1) is 16.6. The van der Waals surface area contributed by atoms with E-state index in [2.05, 4.69) is 63.9 Å². The van der Waals surface area contributed by atoms with E-state index in [0.29, 0.717) is 32.5 Å². The van der Waals surface area contributed by atoms with Crippen LogP contribution in [0.5, 0.6) is 0 Å². The second kappa shape index (κ2) is 10.1. The summed E-state index contributed by atoms with van der Waals surface area (Å²) in [6.07, 6.45) is 3.49. The van der Waals surface area contributed by atoms with E-state index in [9.17, 15) is 9.59 Å². The molecule has 2 aromatic carbocycles. The van der Waals surface area contributed by atoms with Crippen molar-refractivity contribution in [2.45, 2.75) is 39.5 Å². The van der Waals surface area contributed by atoms with Crippen LogP contribution in [0.4, 0.5) is 5.69 Å². The molecule has 1 aliphatic heterocycles. The van der Waals surface area contributed by atoms with Gasteiger partial charge in [-0.25, -0.2) is 0 Å². The van der Waals surface area contributed by atoms with Crippen molar-refractivity contribution in [1.29, 1.82) is 0 Å². The molecule has 3 aromatic rings. The summed E-state index contributed by atoms with van der Waals surface area (Å²) in [5, 5.41) is 4.43. The highest BCUT2D eigenvalue weighted by Gasteiger charge is 2.32. The molecule has 0 spiro atoms. The van der Waals surface area contributed by atoms with Crippen LogP contribution < -0.4 is 10.2 Å². The molecule has 1 saturated heterocycles. The van der Waals surface area contributed by atoms with Crippen molar-refractivity contribution in [1.82, 2.24) is 15.2 Å². The number of H-pyrrole nitrogens is 1. The van der Waals surface area contributed by atoms with E-state index in [1.165, 1.54) is 16.5 Å². The van der Waals surface area contributed by atoms with E-state index in [4.69, 9.17) is 0 Å². The number of hydrogen-bond acceptors (Lipinski definition) is 3. The maximum atomic E-state index is 13.2. The molecule has 1 atom stereocenters. The number of likely N-dealkylation sites (tertiary alicyclic amines) is 1. The van der Waals surface area contributed by atoms with Gasteiger partial charge in [-0.15, -0.1) is 0 Å². The van der Waals surface area contributed by atoms with Crippen LogP contribution in [0.2, 0.25) is 0 Å². The average molecular weight is 475 g/mol. The van der Waals surface area contributed by atoms with Gasteiger partial charge in [0.15, 0.2) is 0 Å². The van der Waals surface area contributed by atoms with E-state index in [0.717, 1.165) is 11.2 Å². The molecule has 2 heterocycles. The SMILES string of the molecule is CN(C)c1ccc(C(CNC(=O)C2CCN(C(=O)C(C)(C)C)CC2)c2c[nH]c3ccccc23)cc1. The van der Waals surface area contributed by atoms with Gasteiger partial charge in [0.1, 0.15) is 0 Å². The first-order valence-corrected chi connectivity index (χ1v) is 12.6. The number of benzene rings is 2. The fourth-order valence-corrected chi connectivity index (χ4v) is 4.96. The lowest BCUT2D eigenvalue weighted by Crippen LogP contribution is -2.47. The van der Waals surface area contributed by atoms with Crippen molar-refractivity contribution < 1.29 is 9.59 Å². The van der Waals surface area contributed by atoms with Gasteiger partial charge in [0, 0.05) is 73.8 Å². The highest BCUT2D eigenvalue weighted by Crippen LogP contribution is 2.32. The molecular formula is C29H38N4O2. The number of amides is 2. The van der Waals surface area contributed by atoms with Crippen LogP contribution in [0.25, 0.3) is 10.9 Å². The zero-order valence-corrected chi connectivity index (χ0v) is 21.6. The van der Waals surface area contributed by atoms with Gasteiger partial charge in [0.25, 0.3) is 0 Å². The summed E-state index contributed by atoms with van der Waals surface area (Å²) in [4.78, 5) is 33.1. The molecule has 2 amide bonds. The van der Waals surface area contributed by atoms with E-state index < -0.39 is 0 Å². The van der Waals surface area contributed by atoms with Crippen LogP contribution in [-0.2, 0) is 9.59 Å². The molecule has 1 aromatic heterocycles. The fraction of sp³-hybridized carbons (Fsp3) is 0.448. The van der Waals surface area contributed by atoms with Gasteiger partial charge in [-0.3, -0.25) is 9.59 Å². The number of hydrogen-bond donors (Lipinski definition) is 2. The Kier molecular flexibility index (Phi) is 7.20. The second-order valence-electron chi connectivity index (χ2n) is 10.9. The Hall–Kier alpha value is -3.28. The van der Waals surface area contributed by atoms with Gasteiger partial charge >= 0.3 is 0 Å². The van der Waals surface area contributed by atoms with Crippen molar-refractivity contribution in [3.05, 3.63) is 65.9 Å². The van der Waals surface area contributed by atoms with Crippen molar-refractivity contribution in [3.8, 4) is 0 Å². The molecule has 1 unspecified atom stereocenters. The smallest absolute Gasteiger partial charge is 0.227 e. The van der Waals surface area contributed by atoms with E-state index in [1.807, 2.05) is 45.8 Å². The molecule has 1 fully saturated rings. The normalized spacial score (nSPS) is 15.7. The Balaban J connectivity index is 1.48. The highest BCUT2D eigenvalue weighted by molar-refractivity contribution is 5.85. The molecular weight excluding hydrogens is 436 g/mol. The van der Waals surface area contributed by atoms with Crippen molar-refractivity contribution in [2.24, 2.45) is 11.3 Å². The number of aromatic amines is 1. The van der Waals surface area contributed by atoms with Gasteiger partial charge in [-0.1, -0.05) is 51.1 Å². The summed E-state index contributed by atoms with van der Waals surface area (Å²) in [6.45, 7) is 7.67. The maximum absolute atomic E-state index is 13.2. The van der Waals surface area contributed by atoms with Crippen molar-refractivity contribution in [2.75, 3.05) is 38.6 Å². The molecule has 186 valence electrons. The van der Waals surface area contributed by atoms with Crippen LogP contribution in [0.3, 0.4) is 0 Å². The monoisotopic (exact) mass is 474 g/mol. The number of aromatic nitrogens is 1. The van der Waals surface area contributed by atoms with Gasteiger partial charge in [-0.2, -0.15) is 0 Å². The van der Waals surface area contributed by atoms with Crippen LogP contribution in [0.1, 0.15) is 50.7 Å². The van der Waals surface area contributed by atoms with E-state index >= 15 is 0 Å². The molecule has 0 aliphatic carbocycles. The lowest BCUT2D eigenvalue weighted by Gasteiger charge is -2.35. The molecule has 4 rings (SSSR count). The standard InChI is InChI=1S/C29H38N4O2/c1-29(2,3)28(35)33-16-14-21(15-17-33)27(34)31-18-24(20-10-12-22(13-11-20)32(4)5)25-19-30-26-9-7-6-8-23(25)26/h6-13,19,21,24,30H,14-18H2,1-5H3,(H,31,34). The first-order valence-electron chi connectivity index (χ1n) is 12.6. The van der Waals surface area contributed by atoms with Gasteiger partial charge in [-0.05, 0) is 42.2 Å². The van der Waals surface area contributed by atoms with E-state index in [-0.39, 0.29) is 29.1 Å². The zero-order chi connectivity index (χ0) is 25.2. The molecule has 1 aliphatic rings. The van der Waals surface area contributed by atoms with Crippen molar-refractivity contribution in [3.63, 3.8) is 0 Å². The summed E-state index contributed by atoms with van der Waals surface area (Å²) in [7, 11) is 4.07. The van der Waals surface area contributed by atoms with Crippen LogP contribution in [0.15, 0.2) is 54.7 Å². The minimum absolute atomic E-state index is 0.0360. The highest BCUT2D eigenvalue weighted by atomic mass is 16.2. The molecule has 6 heteroatoms. The predicted molar refractivity (Wildman–Crippen MR) is 143 cm³/mol. The molecule has 2 N–H and O–H groups in total. The Morgan fingerprint density at radius 2 is 1.71 bits per heavy atom. The Morgan fingerprint density at radius 1 is 1.06 bits per heavy atom. The van der Waals surface area contributed by atoms with Crippen LogP contribution in [-0.4, -0.2) is 55.4 Å². The zero-order valence-electron chi connectivity index (χ0n) is 21.6. The number of rotatable bonds is 6. The minimum Gasteiger partial charge on any atom is -0.378 e. The molecule has 35 heavy (non-hydrogen) atoms. The molecule has 0 saturated carbocycles. The number of carbonyl (C=O) groups excluding carboxylic acids is 2. The number of nitrogens with zero attached hydrogens (tertiary/aromatic N) is 2. The minimum atomic E-state index is -0.385. The predicted octanol–water partition coefficient (Wildman–Crippen LogP) is 4.77. The summed E-state index contributed by atoms with van der Waals surface area (Å²) in [5.41, 5.74) is 4.21. The molecule has 0 radical (unpaired) electrons. The number of fused-ring (bicyclic) bond motifs is 1. The molecule has 6 nitrogen and oxygen atoms in total. The van der Waals surface area contributed by atoms with Crippen molar-refractivity contribution >= 4 is 28.4 Å². The maximum Gasteiger partial charge on any atom is 0.227 e. The third kappa shape index (κ3) is 5.53. The third-order valence-corrected chi connectivity index (χ3v) is 7.08. The number of piperidine rings is 1. The lowest BCUT2D eigenvalue weighted by molar-refractivity contribution is -0.142. The Bertz CT molecular complexity index is 1170. The Labute approximate surface area is 208 Å². The van der Waals surface area contributed by atoms with Gasteiger partial charge in [0.2, 0.25) is 11.8 Å². The third-order valence-electron chi connectivity index (χ3n) is 7.08. The first kappa shape index (κ1) is 24.8. The average Bonchev–Trinajstić information content (AvgIpc) is 3.27.